The first-order valence-electron chi connectivity index (χ1n) is 6.55. The van der Waals surface area contributed by atoms with Crippen LogP contribution in [-0.4, -0.2) is 25.8 Å². The fourth-order valence-electron chi connectivity index (χ4n) is 2.00. The average Bonchev–Trinajstić information content (AvgIpc) is 2.36. The zero-order chi connectivity index (χ0) is 12.5. The summed E-state index contributed by atoms with van der Waals surface area (Å²) in [5.74, 6) is 0. The highest BCUT2D eigenvalue weighted by atomic mass is 16.5. The van der Waals surface area contributed by atoms with Crippen molar-refractivity contribution in [3.8, 4) is 0 Å². The van der Waals surface area contributed by atoms with Crippen molar-refractivity contribution in [1.29, 1.82) is 0 Å². The molecule has 0 heterocycles. The first-order chi connectivity index (χ1) is 8.26. The van der Waals surface area contributed by atoms with Crippen molar-refractivity contribution in [2.24, 2.45) is 0 Å². The Balaban J connectivity index is 2.38. The van der Waals surface area contributed by atoms with Crippen LogP contribution < -0.4 is 5.32 Å². The predicted octanol–water partition coefficient (Wildman–Crippen LogP) is 3.02. The summed E-state index contributed by atoms with van der Waals surface area (Å²) in [4.78, 5) is 0. The van der Waals surface area contributed by atoms with Crippen LogP contribution in [0.3, 0.4) is 0 Å². The van der Waals surface area contributed by atoms with Crippen LogP contribution in [0, 0.1) is 0 Å². The molecule has 2 heteroatoms. The maximum Gasteiger partial charge on any atom is 0.0476 e. The molecule has 0 aliphatic rings. The van der Waals surface area contributed by atoms with Crippen LogP contribution in [0.15, 0.2) is 30.3 Å². The minimum absolute atomic E-state index is 0.517. The summed E-state index contributed by atoms with van der Waals surface area (Å²) in [7, 11) is 1.76. The van der Waals surface area contributed by atoms with E-state index >= 15 is 0 Å². The third kappa shape index (κ3) is 5.85. The second-order valence-electron chi connectivity index (χ2n) is 4.64. The molecule has 1 rings (SSSR count). The third-order valence-electron chi connectivity index (χ3n) is 3.09. The molecule has 96 valence electrons. The monoisotopic (exact) mass is 235 g/mol. The van der Waals surface area contributed by atoms with E-state index in [9.17, 15) is 0 Å². The fourth-order valence-corrected chi connectivity index (χ4v) is 2.00. The highest BCUT2D eigenvalue weighted by Crippen LogP contribution is 2.07. The Labute approximate surface area is 105 Å². The van der Waals surface area contributed by atoms with Crippen molar-refractivity contribution < 1.29 is 4.74 Å². The largest absolute Gasteiger partial charge is 0.385 e. The highest BCUT2D eigenvalue weighted by Gasteiger charge is 2.10. The molecule has 0 aliphatic carbocycles. The van der Waals surface area contributed by atoms with Gasteiger partial charge < -0.3 is 10.1 Å². The van der Waals surface area contributed by atoms with Crippen molar-refractivity contribution >= 4 is 0 Å². The van der Waals surface area contributed by atoms with Crippen LogP contribution in [0.5, 0.6) is 0 Å². The van der Waals surface area contributed by atoms with E-state index in [1.165, 1.54) is 5.56 Å². The molecule has 0 aromatic heterocycles. The molecule has 2 atom stereocenters. The summed E-state index contributed by atoms with van der Waals surface area (Å²) < 4.78 is 5.11. The molecule has 0 spiro atoms. The molecule has 0 saturated carbocycles. The van der Waals surface area contributed by atoms with Gasteiger partial charge in [0.2, 0.25) is 0 Å². The van der Waals surface area contributed by atoms with E-state index in [-0.39, 0.29) is 0 Å². The maximum absolute atomic E-state index is 5.11. The molecule has 17 heavy (non-hydrogen) atoms. The van der Waals surface area contributed by atoms with Crippen molar-refractivity contribution in [2.45, 2.75) is 45.2 Å². The molecular formula is C15H25NO. The van der Waals surface area contributed by atoms with Gasteiger partial charge in [-0.05, 0) is 31.7 Å². The summed E-state index contributed by atoms with van der Waals surface area (Å²) in [5.41, 5.74) is 1.41. The van der Waals surface area contributed by atoms with E-state index in [1.54, 1.807) is 7.11 Å². The second-order valence-corrected chi connectivity index (χ2v) is 4.64. The van der Waals surface area contributed by atoms with E-state index in [2.05, 4.69) is 49.5 Å². The van der Waals surface area contributed by atoms with E-state index in [0.29, 0.717) is 12.1 Å². The summed E-state index contributed by atoms with van der Waals surface area (Å²) in [5, 5.41) is 3.67. The van der Waals surface area contributed by atoms with E-state index < -0.39 is 0 Å². The Morgan fingerprint density at radius 3 is 2.53 bits per heavy atom. The molecule has 2 unspecified atom stereocenters. The van der Waals surface area contributed by atoms with Gasteiger partial charge in [0.25, 0.3) is 0 Å². The topological polar surface area (TPSA) is 21.3 Å². The van der Waals surface area contributed by atoms with Crippen molar-refractivity contribution in [3.63, 3.8) is 0 Å². The van der Waals surface area contributed by atoms with Crippen molar-refractivity contribution in [3.05, 3.63) is 35.9 Å². The van der Waals surface area contributed by atoms with Gasteiger partial charge >= 0.3 is 0 Å². The first kappa shape index (κ1) is 14.2. The number of methoxy groups -OCH3 is 1. The summed E-state index contributed by atoms with van der Waals surface area (Å²) >= 11 is 0. The summed E-state index contributed by atoms with van der Waals surface area (Å²) in [6.07, 6.45) is 3.34. The minimum Gasteiger partial charge on any atom is -0.385 e. The lowest BCUT2D eigenvalue weighted by Gasteiger charge is -2.22. The van der Waals surface area contributed by atoms with Gasteiger partial charge in [-0.25, -0.2) is 0 Å². The molecule has 0 bridgehead atoms. The van der Waals surface area contributed by atoms with Crippen LogP contribution in [0.1, 0.15) is 32.3 Å². The van der Waals surface area contributed by atoms with Gasteiger partial charge in [0, 0.05) is 25.8 Å². The van der Waals surface area contributed by atoms with Gasteiger partial charge in [0.1, 0.15) is 0 Å². The number of ether oxygens (including phenoxy) is 1. The van der Waals surface area contributed by atoms with Gasteiger partial charge in [-0.15, -0.1) is 0 Å². The Bertz CT molecular complexity index is 286. The van der Waals surface area contributed by atoms with Crippen LogP contribution in [-0.2, 0) is 11.2 Å². The van der Waals surface area contributed by atoms with E-state index in [1.807, 2.05) is 0 Å². The molecule has 0 radical (unpaired) electrons. The van der Waals surface area contributed by atoms with Gasteiger partial charge in [-0.3, -0.25) is 0 Å². The number of benzene rings is 1. The highest BCUT2D eigenvalue weighted by molar-refractivity contribution is 5.15. The van der Waals surface area contributed by atoms with Gasteiger partial charge in [-0.2, -0.15) is 0 Å². The normalized spacial score (nSPS) is 14.5. The average molecular weight is 235 g/mol. The Kier molecular flexibility index (Phi) is 6.90. The summed E-state index contributed by atoms with van der Waals surface area (Å²) in [6, 6.07) is 11.8. The van der Waals surface area contributed by atoms with Gasteiger partial charge in [0.05, 0.1) is 0 Å². The zero-order valence-corrected chi connectivity index (χ0v) is 11.3. The molecule has 0 fully saturated rings. The number of hydrogen-bond donors (Lipinski definition) is 1. The lowest BCUT2D eigenvalue weighted by molar-refractivity contribution is 0.182. The van der Waals surface area contributed by atoms with Crippen molar-refractivity contribution in [2.75, 3.05) is 13.7 Å². The molecular weight excluding hydrogens is 210 g/mol. The molecule has 1 aromatic rings. The number of hydrogen-bond acceptors (Lipinski definition) is 2. The Morgan fingerprint density at radius 1 is 1.24 bits per heavy atom. The van der Waals surface area contributed by atoms with Crippen LogP contribution in [0.4, 0.5) is 0 Å². The van der Waals surface area contributed by atoms with Crippen LogP contribution in [0.25, 0.3) is 0 Å². The van der Waals surface area contributed by atoms with E-state index in [0.717, 1.165) is 25.9 Å². The van der Waals surface area contributed by atoms with Gasteiger partial charge in [0.15, 0.2) is 0 Å². The van der Waals surface area contributed by atoms with Gasteiger partial charge in [-0.1, -0.05) is 37.3 Å². The van der Waals surface area contributed by atoms with Crippen LogP contribution >= 0.6 is 0 Å². The van der Waals surface area contributed by atoms with Crippen molar-refractivity contribution in [1.82, 2.24) is 5.32 Å². The standard InChI is InChI=1S/C15H25NO/c1-4-15(16-13(2)10-11-17-3)12-14-8-6-5-7-9-14/h5-9,13,15-16H,4,10-12H2,1-3H3. The quantitative estimate of drug-likeness (QED) is 0.748. The lowest BCUT2D eigenvalue weighted by atomic mass is 10.0. The fraction of sp³-hybridized carbons (Fsp3) is 0.600. The molecule has 1 aromatic carbocycles. The Morgan fingerprint density at radius 2 is 1.94 bits per heavy atom. The minimum atomic E-state index is 0.517. The third-order valence-corrected chi connectivity index (χ3v) is 3.09. The molecule has 0 saturated heterocycles. The predicted molar refractivity (Wildman–Crippen MR) is 73.3 cm³/mol. The zero-order valence-electron chi connectivity index (χ0n) is 11.3. The summed E-state index contributed by atoms with van der Waals surface area (Å²) in [6.45, 7) is 5.30. The molecule has 2 nitrogen and oxygen atoms in total. The maximum atomic E-state index is 5.11. The molecule has 1 N–H and O–H groups in total. The smallest absolute Gasteiger partial charge is 0.0476 e. The second kappa shape index (κ2) is 8.26. The first-order valence-corrected chi connectivity index (χ1v) is 6.55. The number of rotatable bonds is 8. The lowest BCUT2D eigenvalue weighted by Crippen LogP contribution is -2.38. The van der Waals surface area contributed by atoms with Crippen LogP contribution in [0.2, 0.25) is 0 Å². The molecule has 0 amide bonds. The SMILES string of the molecule is CCC(Cc1ccccc1)NC(C)CCOC. The molecule has 0 aliphatic heterocycles. The number of nitrogens with one attached hydrogen (secondary N) is 1. The van der Waals surface area contributed by atoms with E-state index in [4.69, 9.17) is 4.74 Å². The Hall–Kier alpha value is -0.860.